The minimum Gasteiger partial charge on any atom is -0.455 e. The molecule has 246 valence electrons. The van der Waals surface area contributed by atoms with Crippen molar-refractivity contribution in [3.05, 3.63) is 61.2 Å². The van der Waals surface area contributed by atoms with Gasteiger partial charge in [-0.05, 0) is 46.1 Å². The van der Waals surface area contributed by atoms with Gasteiger partial charge < -0.3 is 29.3 Å². The number of likely N-dealkylation sites (N-methyl/N-ethyl adjacent to an activating group) is 1. The number of hydrogen-bond acceptors (Lipinski definition) is 7. The highest BCUT2D eigenvalue weighted by Gasteiger charge is 2.77. The van der Waals surface area contributed by atoms with Crippen LogP contribution in [0.4, 0.5) is 0 Å². The smallest absolute Gasteiger partial charge is 0.313 e. The van der Waals surface area contributed by atoms with Gasteiger partial charge in [0.2, 0.25) is 17.7 Å². The molecule has 45 heavy (non-hydrogen) atoms. The van der Waals surface area contributed by atoms with Crippen LogP contribution >= 0.6 is 15.9 Å². The van der Waals surface area contributed by atoms with Crippen molar-refractivity contribution < 1.29 is 33.8 Å². The first-order valence-corrected chi connectivity index (χ1v) is 16.6. The lowest BCUT2D eigenvalue weighted by molar-refractivity contribution is -0.165. The van der Waals surface area contributed by atoms with E-state index in [1.807, 2.05) is 51.1 Å². The van der Waals surface area contributed by atoms with Gasteiger partial charge in [0, 0.05) is 30.9 Å². The third-order valence-corrected chi connectivity index (χ3v) is 10.4. The first-order valence-electron chi connectivity index (χ1n) is 15.6. The molecule has 1 spiro atoms. The minimum atomic E-state index is -1.29. The number of likely N-dealkylation sites (tertiary alicyclic amines) is 1. The second-order valence-corrected chi connectivity index (χ2v) is 13.8. The number of amides is 3. The van der Waals surface area contributed by atoms with Gasteiger partial charge in [-0.3, -0.25) is 19.2 Å². The summed E-state index contributed by atoms with van der Waals surface area (Å²) in [5, 5.41) is 10.2. The maximum Gasteiger partial charge on any atom is 0.313 e. The molecule has 3 aliphatic heterocycles. The van der Waals surface area contributed by atoms with E-state index in [2.05, 4.69) is 29.1 Å². The predicted molar refractivity (Wildman–Crippen MR) is 173 cm³/mol. The Bertz CT molecular complexity index is 1290. The van der Waals surface area contributed by atoms with E-state index in [0.29, 0.717) is 18.4 Å². The van der Waals surface area contributed by atoms with Crippen LogP contribution in [0.1, 0.15) is 58.6 Å². The highest BCUT2D eigenvalue weighted by molar-refractivity contribution is 9.09. The molecular formula is C34H46BrN3O7. The van der Waals surface area contributed by atoms with Gasteiger partial charge in [0.25, 0.3) is 0 Å². The van der Waals surface area contributed by atoms with Crippen molar-refractivity contribution >= 4 is 39.6 Å². The van der Waals surface area contributed by atoms with E-state index < -0.39 is 59.6 Å². The molecule has 9 atom stereocenters. The third-order valence-electron chi connectivity index (χ3n) is 9.58. The van der Waals surface area contributed by atoms with Crippen molar-refractivity contribution in [3.8, 4) is 0 Å². The number of allylic oxidation sites excluding steroid dienone is 1. The van der Waals surface area contributed by atoms with Gasteiger partial charge in [0.15, 0.2) is 0 Å². The molecule has 3 aliphatic rings. The van der Waals surface area contributed by atoms with E-state index in [9.17, 15) is 24.3 Å². The molecule has 3 amide bonds. The zero-order valence-corrected chi connectivity index (χ0v) is 28.4. The highest BCUT2D eigenvalue weighted by atomic mass is 79.9. The number of aliphatic hydroxyl groups excluding tert-OH is 1. The number of aliphatic hydroxyl groups is 1. The number of esters is 1. The Morgan fingerprint density at radius 3 is 2.42 bits per heavy atom. The van der Waals surface area contributed by atoms with Crippen molar-refractivity contribution in [2.75, 3.05) is 20.2 Å². The van der Waals surface area contributed by atoms with Crippen molar-refractivity contribution in [3.63, 3.8) is 0 Å². The van der Waals surface area contributed by atoms with Gasteiger partial charge in [-0.1, -0.05) is 58.4 Å². The van der Waals surface area contributed by atoms with Gasteiger partial charge in [0.05, 0.1) is 36.6 Å². The number of fused-ring (bicyclic) bond motifs is 1. The Morgan fingerprint density at radius 2 is 1.84 bits per heavy atom. The normalized spacial score (nSPS) is 28.8. The van der Waals surface area contributed by atoms with Crippen LogP contribution in [0.15, 0.2) is 55.6 Å². The summed E-state index contributed by atoms with van der Waals surface area (Å²) in [6, 6.07) is 6.75. The summed E-state index contributed by atoms with van der Waals surface area (Å²) in [5.74, 6) is -3.46. The first kappa shape index (κ1) is 34.8. The van der Waals surface area contributed by atoms with Gasteiger partial charge in [-0.2, -0.15) is 0 Å². The van der Waals surface area contributed by atoms with E-state index >= 15 is 0 Å². The Hall–Kier alpha value is -3.02. The summed E-state index contributed by atoms with van der Waals surface area (Å²) < 4.78 is 12.9. The second kappa shape index (κ2) is 14.2. The van der Waals surface area contributed by atoms with Gasteiger partial charge >= 0.3 is 5.97 Å². The van der Waals surface area contributed by atoms with E-state index in [1.54, 1.807) is 35.9 Å². The predicted octanol–water partition coefficient (Wildman–Crippen LogP) is 3.64. The molecule has 10 nitrogen and oxygen atoms in total. The number of halogens is 1. The maximum atomic E-state index is 14.3. The molecule has 0 saturated carbocycles. The number of carbonyl (C=O) groups is 4. The molecule has 11 heteroatoms. The Balaban J connectivity index is 1.72. The van der Waals surface area contributed by atoms with Crippen LogP contribution < -0.4 is 0 Å². The van der Waals surface area contributed by atoms with E-state index in [1.165, 1.54) is 4.90 Å². The quantitative estimate of drug-likeness (QED) is 0.180. The van der Waals surface area contributed by atoms with Crippen LogP contribution in [-0.4, -0.2) is 104 Å². The zero-order chi connectivity index (χ0) is 33.2. The van der Waals surface area contributed by atoms with E-state index in [0.717, 1.165) is 0 Å². The molecule has 3 fully saturated rings. The van der Waals surface area contributed by atoms with Crippen molar-refractivity contribution in [1.29, 1.82) is 0 Å². The first-order chi connectivity index (χ1) is 21.4. The van der Waals surface area contributed by atoms with Crippen LogP contribution in [0.25, 0.3) is 0 Å². The molecule has 0 aromatic heterocycles. The largest absolute Gasteiger partial charge is 0.455 e. The summed E-state index contributed by atoms with van der Waals surface area (Å²) in [4.78, 5) is 60.1. The molecule has 4 rings (SSSR count). The van der Waals surface area contributed by atoms with Crippen molar-refractivity contribution in [1.82, 2.24) is 14.7 Å². The SMILES string of the molecule is C=CCCC(=O)N(C)[C@H](C)[C@H](OC(=O)[C@@H]1[C@H]2O[C@@]3(CC2Br)[C@H](C(=O)N(CC=C)C(C)C)N([C@H](C)CO)C(=O)[C@@H]13)c1ccccc1. The number of carbonyl (C=O) groups excluding carboxylic acids is 4. The minimum absolute atomic E-state index is 0.114. The Morgan fingerprint density at radius 1 is 1.18 bits per heavy atom. The number of alkyl halides is 1. The standard InChI is InChI=1S/C34H46BrN3O7/c1-8-10-16-25(40)36(7)22(6)28(23-14-12-11-13-15-23)44-33(43)26-27-31(41)38(21(5)19-39)30(32(42)37(17-9-2)20(3)4)34(27)18-24(35)29(26)45-34/h8-9,11-15,20-22,24,26-30,39H,1-2,10,16-19H2,3-7H3/t21-,22-,24?,26+,27-,28+,29+,30+,34-/m1/s1. The topological polar surface area (TPSA) is 117 Å². The van der Waals surface area contributed by atoms with E-state index in [4.69, 9.17) is 9.47 Å². The fraction of sp³-hybridized carbons (Fsp3) is 0.588. The number of hydrogen-bond donors (Lipinski definition) is 1. The molecule has 2 bridgehead atoms. The molecule has 0 aliphatic carbocycles. The monoisotopic (exact) mass is 687 g/mol. The molecule has 0 radical (unpaired) electrons. The lowest BCUT2D eigenvalue weighted by Crippen LogP contribution is -2.59. The van der Waals surface area contributed by atoms with Crippen LogP contribution in [-0.2, 0) is 28.7 Å². The van der Waals surface area contributed by atoms with Crippen LogP contribution in [0.5, 0.6) is 0 Å². The van der Waals surface area contributed by atoms with E-state index in [-0.39, 0.29) is 42.3 Å². The number of ether oxygens (including phenoxy) is 2. The molecule has 1 unspecified atom stereocenters. The lowest BCUT2D eigenvalue weighted by Gasteiger charge is -2.39. The molecule has 3 saturated heterocycles. The van der Waals surface area contributed by atoms with Crippen LogP contribution in [0.2, 0.25) is 0 Å². The summed E-state index contributed by atoms with van der Waals surface area (Å²) in [6.45, 7) is 14.7. The Labute approximate surface area is 274 Å². The summed E-state index contributed by atoms with van der Waals surface area (Å²) in [6.07, 6.45) is 2.91. The molecule has 3 heterocycles. The summed E-state index contributed by atoms with van der Waals surface area (Å²) in [7, 11) is 1.68. The fourth-order valence-electron chi connectivity index (χ4n) is 7.15. The Kier molecular flexibility index (Phi) is 11.0. The van der Waals surface area contributed by atoms with Crippen molar-refractivity contribution in [2.45, 2.75) is 93.8 Å². The average molecular weight is 689 g/mol. The fourth-order valence-corrected chi connectivity index (χ4v) is 8.10. The van der Waals surface area contributed by atoms with Crippen LogP contribution in [0, 0.1) is 11.8 Å². The lowest BCUT2D eigenvalue weighted by atomic mass is 9.70. The number of rotatable bonds is 14. The van der Waals surface area contributed by atoms with Crippen LogP contribution in [0.3, 0.4) is 0 Å². The van der Waals surface area contributed by atoms with Crippen molar-refractivity contribution in [2.24, 2.45) is 11.8 Å². The highest BCUT2D eigenvalue weighted by Crippen LogP contribution is 2.61. The summed E-state index contributed by atoms with van der Waals surface area (Å²) >= 11 is 3.70. The third kappa shape index (κ3) is 6.23. The second-order valence-electron chi connectivity index (χ2n) is 12.7. The average Bonchev–Trinajstić information content (AvgIpc) is 3.63. The number of nitrogens with zero attached hydrogens (tertiary/aromatic N) is 3. The summed E-state index contributed by atoms with van der Waals surface area (Å²) in [5.41, 5.74) is -0.589. The van der Waals surface area contributed by atoms with Gasteiger partial charge in [-0.25, -0.2) is 0 Å². The van der Waals surface area contributed by atoms with Gasteiger partial charge in [0.1, 0.15) is 17.7 Å². The van der Waals surface area contributed by atoms with Gasteiger partial charge in [-0.15, -0.1) is 13.2 Å². The zero-order valence-electron chi connectivity index (χ0n) is 26.8. The maximum absolute atomic E-state index is 14.3. The number of benzene rings is 1. The molecule has 1 aromatic rings. The molecular weight excluding hydrogens is 642 g/mol. The molecule has 1 N–H and O–H groups in total. The molecule has 1 aromatic carbocycles.